The maximum Gasteiger partial charge on any atom is 0.116 e. The number of thiazole rings is 1. The number of hydrogen-bond donors (Lipinski definition) is 1. The number of hydrogen-bond acceptors (Lipinski definition) is 3. The lowest BCUT2D eigenvalue weighted by molar-refractivity contribution is 0.870. The molecule has 0 aliphatic carbocycles. The fourth-order valence-electron chi connectivity index (χ4n) is 1.33. The van der Waals surface area contributed by atoms with Gasteiger partial charge in [-0.15, -0.1) is 11.3 Å². The normalized spacial score (nSPS) is 12.4. The second kappa shape index (κ2) is 5.29. The Morgan fingerprint density at radius 2 is 1.94 bits per heavy atom. The van der Waals surface area contributed by atoms with Gasteiger partial charge in [-0.2, -0.15) is 0 Å². The highest BCUT2D eigenvalue weighted by molar-refractivity contribution is 9.11. The molecular weight excluding hydrogens is 352 g/mol. The summed E-state index contributed by atoms with van der Waals surface area (Å²) >= 11 is 8.49. The van der Waals surface area contributed by atoms with Gasteiger partial charge in [-0.25, -0.2) is 4.98 Å². The van der Waals surface area contributed by atoms with Crippen molar-refractivity contribution in [3.8, 4) is 0 Å². The fourth-order valence-corrected chi connectivity index (χ4v) is 2.84. The van der Waals surface area contributed by atoms with E-state index in [1.807, 2.05) is 30.5 Å². The first-order valence-electron chi connectivity index (χ1n) is 4.78. The Hall–Kier alpha value is -0.390. The predicted molar refractivity (Wildman–Crippen MR) is 76.0 cm³/mol. The zero-order valence-corrected chi connectivity index (χ0v) is 12.6. The molecule has 16 heavy (non-hydrogen) atoms. The average molecular weight is 362 g/mol. The van der Waals surface area contributed by atoms with Gasteiger partial charge in [0, 0.05) is 10.2 Å². The van der Waals surface area contributed by atoms with Crippen molar-refractivity contribution in [2.24, 2.45) is 0 Å². The van der Waals surface area contributed by atoms with Crippen molar-refractivity contribution < 1.29 is 0 Å². The summed E-state index contributed by atoms with van der Waals surface area (Å²) in [5, 5.41) is 4.48. The van der Waals surface area contributed by atoms with Crippen LogP contribution in [-0.2, 0) is 0 Å². The topological polar surface area (TPSA) is 24.9 Å². The molecule has 0 bridgehead atoms. The third-order valence-electron chi connectivity index (χ3n) is 2.09. The first kappa shape index (κ1) is 12.1. The van der Waals surface area contributed by atoms with Crippen molar-refractivity contribution in [1.29, 1.82) is 0 Å². The van der Waals surface area contributed by atoms with E-state index in [1.54, 1.807) is 11.3 Å². The molecule has 1 heterocycles. The van der Waals surface area contributed by atoms with E-state index < -0.39 is 0 Å². The molecule has 0 fully saturated rings. The van der Waals surface area contributed by atoms with E-state index in [0.717, 1.165) is 19.0 Å². The Labute approximate surface area is 115 Å². The zero-order valence-electron chi connectivity index (χ0n) is 8.58. The lowest BCUT2D eigenvalue weighted by Crippen LogP contribution is -2.05. The summed E-state index contributed by atoms with van der Waals surface area (Å²) in [5.41, 5.74) is 1.10. The van der Waals surface area contributed by atoms with E-state index in [1.165, 1.54) is 0 Å². The molecule has 0 saturated carbocycles. The molecule has 1 aromatic carbocycles. The summed E-state index contributed by atoms with van der Waals surface area (Å²) in [4.78, 5) is 4.33. The Morgan fingerprint density at radius 3 is 2.50 bits per heavy atom. The van der Waals surface area contributed by atoms with Gasteiger partial charge in [-0.05, 0) is 47.1 Å². The van der Waals surface area contributed by atoms with E-state index in [-0.39, 0.29) is 6.04 Å². The Bertz CT molecular complexity index is 467. The summed E-state index contributed by atoms with van der Waals surface area (Å²) in [5.74, 6) is 0. The summed E-state index contributed by atoms with van der Waals surface area (Å²) in [7, 11) is 0. The molecule has 2 nitrogen and oxygen atoms in total. The quantitative estimate of drug-likeness (QED) is 0.845. The Balaban J connectivity index is 2.07. The summed E-state index contributed by atoms with van der Waals surface area (Å²) in [6, 6.07) is 8.35. The minimum absolute atomic E-state index is 0.220. The standard InChI is InChI=1S/C11H10Br2N2S/c1-7(11-14-6-10(13)16-11)15-9-4-2-8(12)3-5-9/h2-7,15H,1H3. The van der Waals surface area contributed by atoms with Gasteiger partial charge in [0.05, 0.1) is 16.0 Å². The van der Waals surface area contributed by atoms with Crippen LogP contribution in [0.5, 0.6) is 0 Å². The van der Waals surface area contributed by atoms with Crippen LogP contribution < -0.4 is 5.32 Å². The largest absolute Gasteiger partial charge is 0.376 e. The highest BCUT2D eigenvalue weighted by Gasteiger charge is 2.09. The SMILES string of the molecule is CC(Nc1ccc(Br)cc1)c1ncc(Br)s1. The van der Waals surface area contributed by atoms with Crippen LogP contribution in [0.15, 0.2) is 38.7 Å². The van der Waals surface area contributed by atoms with Gasteiger partial charge in [-0.3, -0.25) is 0 Å². The maximum absolute atomic E-state index is 4.33. The van der Waals surface area contributed by atoms with Crippen molar-refractivity contribution in [3.05, 3.63) is 43.7 Å². The van der Waals surface area contributed by atoms with Crippen LogP contribution in [0.1, 0.15) is 18.0 Å². The molecule has 1 N–H and O–H groups in total. The predicted octanol–water partition coefficient (Wildman–Crippen LogP) is 4.84. The van der Waals surface area contributed by atoms with Crippen molar-refractivity contribution in [2.75, 3.05) is 5.32 Å². The van der Waals surface area contributed by atoms with Crippen LogP contribution in [-0.4, -0.2) is 4.98 Å². The molecule has 0 spiro atoms. The third kappa shape index (κ3) is 3.06. The number of nitrogens with one attached hydrogen (secondary N) is 1. The van der Waals surface area contributed by atoms with Crippen molar-refractivity contribution in [2.45, 2.75) is 13.0 Å². The Kier molecular flexibility index (Phi) is 4.00. The molecule has 0 saturated heterocycles. The van der Waals surface area contributed by atoms with E-state index >= 15 is 0 Å². The summed E-state index contributed by atoms with van der Waals surface area (Å²) < 4.78 is 2.15. The fraction of sp³-hybridized carbons (Fsp3) is 0.182. The van der Waals surface area contributed by atoms with E-state index in [9.17, 15) is 0 Å². The maximum atomic E-state index is 4.33. The van der Waals surface area contributed by atoms with Gasteiger partial charge >= 0.3 is 0 Å². The van der Waals surface area contributed by atoms with Crippen LogP contribution in [0.2, 0.25) is 0 Å². The van der Waals surface area contributed by atoms with Gasteiger partial charge < -0.3 is 5.32 Å². The molecule has 1 unspecified atom stereocenters. The van der Waals surface area contributed by atoms with Gasteiger partial charge in [0.1, 0.15) is 5.01 Å². The third-order valence-corrected chi connectivity index (χ3v) is 4.28. The van der Waals surface area contributed by atoms with Crippen molar-refractivity contribution >= 4 is 48.9 Å². The van der Waals surface area contributed by atoms with Gasteiger partial charge in [0.15, 0.2) is 0 Å². The molecular formula is C11H10Br2N2S. The van der Waals surface area contributed by atoms with Gasteiger partial charge in [-0.1, -0.05) is 15.9 Å². The minimum atomic E-state index is 0.220. The summed E-state index contributed by atoms with van der Waals surface area (Å²) in [6.45, 7) is 2.10. The van der Waals surface area contributed by atoms with E-state index in [4.69, 9.17) is 0 Å². The van der Waals surface area contributed by atoms with E-state index in [2.05, 4.69) is 49.1 Å². The second-order valence-corrected chi connectivity index (χ2v) is 6.73. The molecule has 1 atom stereocenters. The highest BCUT2D eigenvalue weighted by Crippen LogP contribution is 2.27. The van der Waals surface area contributed by atoms with Gasteiger partial charge in [0.2, 0.25) is 0 Å². The molecule has 2 aromatic rings. The van der Waals surface area contributed by atoms with Crippen LogP contribution >= 0.6 is 43.2 Å². The minimum Gasteiger partial charge on any atom is -0.376 e. The van der Waals surface area contributed by atoms with Crippen LogP contribution in [0.4, 0.5) is 5.69 Å². The number of anilines is 1. The van der Waals surface area contributed by atoms with Gasteiger partial charge in [0.25, 0.3) is 0 Å². The number of benzene rings is 1. The second-order valence-electron chi connectivity index (χ2n) is 3.38. The molecule has 0 radical (unpaired) electrons. The lowest BCUT2D eigenvalue weighted by Gasteiger charge is -2.12. The first-order valence-corrected chi connectivity index (χ1v) is 7.19. The molecule has 0 aliphatic heterocycles. The van der Waals surface area contributed by atoms with Crippen molar-refractivity contribution in [3.63, 3.8) is 0 Å². The number of halogens is 2. The lowest BCUT2D eigenvalue weighted by atomic mass is 10.3. The van der Waals surface area contributed by atoms with Crippen molar-refractivity contribution in [1.82, 2.24) is 4.98 Å². The average Bonchev–Trinajstić information content (AvgIpc) is 2.68. The van der Waals surface area contributed by atoms with Crippen LogP contribution in [0.25, 0.3) is 0 Å². The molecule has 0 aliphatic rings. The number of aromatic nitrogens is 1. The molecule has 5 heteroatoms. The van der Waals surface area contributed by atoms with E-state index in [0.29, 0.717) is 0 Å². The summed E-state index contributed by atoms with van der Waals surface area (Å²) in [6.07, 6.45) is 1.83. The monoisotopic (exact) mass is 360 g/mol. The number of nitrogens with zero attached hydrogens (tertiary/aromatic N) is 1. The smallest absolute Gasteiger partial charge is 0.116 e. The highest BCUT2D eigenvalue weighted by atomic mass is 79.9. The van der Waals surface area contributed by atoms with Crippen LogP contribution in [0, 0.1) is 0 Å². The molecule has 2 rings (SSSR count). The first-order chi connectivity index (χ1) is 7.65. The Morgan fingerprint density at radius 1 is 1.25 bits per heavy atom. The molecule has 84 valence electrons. The van der Waals surface area contributed by atoms with Crippen LogP contribution in [0.3, 0.4) is 0 Å². The number of rotatable bonds is 3. The zero-order chi connectivity index (χ0) is 11.5. The molecule has 0 amide bonds. The molecule has 1 aromatic heterocycles.